The van der Waals surface area contributed by atoms with Crippen LogP contribution in [0.25, 0.3) is 0 Å². The number of piperidine rings is 1. The normalized spacial score (nSPS) is 21.8. The predicted molar refractivity (Wildman–Crippen MR) is 137 cm³/mol. The van der Waals surface area contributed by atoms with Crippen molar-refractivity contribution in [2.45, 2.75) is 50.0 Å². The van der Waals surface area contributed by atoms with Crippen LogP contribution in [-0.2, 0) is 10.4 Å². The molecule has 38 heavy (non-hydrogen) atoms. The summed E-state index contributed by atoms with van der Waals surface area (Å²) in [5.41, 5.74) is -3.61. The second-order valence-corrected chi connectivity index (χ2v) is 10.9. The highest BCUT2D eigenvalue weighted by Crippen LogP contribution is 2.42. The summed E-state index contributed by atoms with van der Waals surface area (Å²) in [5, 5.41) is 10.9. The Labute approximate surface area is 225 Å². The molecule has 2 fully saturated rings. The molecule has 1 heterocycles. The first-order chi connectivity index (χ1) is 17.9. The van der Waals surface area contributed by atoms with Crippen LogP contribution in [0.1, 0.15) is 48.0 Å². The van der Waals surface area contributed by atoms with Gasteiger partial charge in [-0.15, -0.1) is 0 Å². The van der Waals surface area contributed by atoms with Crippen molar-refractivity contribution >= 4 is 23.4 Å². The summed E-state index contributed by atoms with van der Waals surface area (Å²) in [6, 6.07) is 11.6. The minimum atomic E-state index is -5.13. The molecule has 1 atom stereocenters. The third-order valence-electron chi connectivity index (χ3n) is 7.55. The van der Waals surface area contributed by atoms with Gasteiger partial charge in [0.1, 0.15) is 5.75 Å². The van der Waals surface area contributed by atoms with Crippen molar-refractivity contribution in [3.8, 4) is 5.75 Å². The number of rotatable bonds is 7. The van der Waals surface area contributed by atoms with E-state index in [0.717, 1.165) is 36.3 Å². The highest BCUT2D eigenvalue weighted by atomic mass is 35.5. The third kappa shape index (κ3) is 5.78. The summed E-state index contributed by atoms with van der Waals surface area (Å²) >= 11 is 6.26. The fourth-order valence-electron chi connectivity index (χ4n) is 5.30. The van der Waals surface area contributed by atoms with E-state index >= 15 is 0 Å². The Morgan fingerprint density at radius 2 is 1.68 bits per heavy atom. The molecule has 2 aromatic carbocycles. The summed E-state index contributed by atoms with van der Waals surface area (Å²) in [7, 11) is 3.32. The zero-order valence-corrected chi connectivity index (χ0v) is 22.1. The fourth-order valence-corrected chi connectivity index (χ4v) is 5.55. The van der Waals surface area contributed by atoms with Gasteiger partial charge in [0.15, 0.2) is 0 Å². The van der Waals surface area contributed by atoms with Crippen molar-refractivity contribution in [2.24, 2.45) is 11.8 Å². The quantitative estimate of drug-likeness (QED) is 0.507. The van der Waals surface area contributed by atoms with Gasteiger partial charge in [-0.2, -0.15) is 13.2 Å². The molecule has 2 aromatic rings. The van der Waals surface area contributed by atoms with Crippen molar-refractivity contribution in [1.29, 1.82) is 0 Å². The zero-order chi connectivity index (χ0) is 27.7. The van der Waals surface area contributed by atoms with E-state index in [1.165, 1.54) is 23.1 Å². The summed E-state index contributed by atoms with van der Waals surface area (Å²) in [6.07, 6.45) is -1.27. The van der Waals surface area contributed by atoms with Gasteiger partial charge >= 0.3 is 6.18 Å². The number of alkyl halides is 3. The molecule has 0 bridgehead atoms. The number of aliphatic hydroxyl groups is 1. The largest absolute Gasteiger partial charge is 0.490 e. The van der Waals surface area contributed by atoms with Crippen molar-refractivity contribution < 1.29 is 32.6 Å². The Morgan fingerprint density at radius 1 is 1.05 bits per heavy atom. The zero-order valence-electron chi connectivity index (χ0n) is 21.4. The van der Waals surface area contributed by atoms with Gasteiger partial charge in [0, 0.05) is 32.7 Å². The van der Waals surface area contributed by atoms with E-state index in [2.05, 4.69) is 0 Å². The maximum atomic E-state index is 13.9. The molecule has 206 valence electrons. The minimum absolute atomic E-state index is 0.0424. The molecule has 6 nitrogen and oxygen atoms in total. The number of likely N-dealkylation sites (tertiary alicyclic amines) is 1. The monoisotopic (exact) mass is 552 g/mol. The highest BCUT2D eigenvalue weighted by molar-refractivity contribution is 6.34. The summed E-state index contributed by atoms with van der Waals surface area (Å²) < 4.78 is 47.6. The molecule has 10 heteroatoms. The van der Waals surface area contributed by atoms with Crippen LogP contribution in [0.5, 0.6) is 5.75 Å². The van der Waals surface area contributed by atoms with E-state index in [0.29, 0.717) is 41.0 Å². The topological polar surface area (TPSA) is 70.1 Å². The van der Waals surface area contributed by atoms with E-state index < -0.39 is 23.2 Å². The molecule has 0 spiro atoms. The predicted octanol–water partition coefficient (Wildman–Crippen LogP) is 5.28. The molecule has 0 unspecified atom stereocenters. The van der Waals surface area contributed by atoms with Gasteiger partial charge in [-0.1, -0.05) is 41.9 Å². The van der Waals surface area contributed by atoms with Gasteiger partial charge in [-0.25, -0.2) is 0 Å². The third-order valence-corrected chi connectivity index (χ3v) is 7.86. The Balaban J connectivity index is 1.25. The van der Waals surface area contributed by atoms with Crippen LogP contribution in [0, 0.1) is 11.8 Å². The molecule has 2 amide bonds. The number of hydrogen-bond acceptors (Lipinski definition) is 4. The maximum absolute atomic E-state index is 13.9. The number of carbonyl (C=O) groups excluding carboxylic acids is 2. The first kappa shape index (κ1) is 28.2. The van der Waals surface area contributed by atoms with Gasteiger partial charge in [0.05, 0.1) is 16.7 Å². The number of benzene rings is 2. The SMILES string of the molecule is CN(C)C(=O)c1ccc(OC2CC(CC3CCN(C(=O)[C@](O)(c4ccccc4)C(F)(F)F)CC3)C2)cc1Cl. The molecule has 2 aliphatic rings. The highest BCUT2D eigenvalue weighted by Gasteiger charge is 2.62. The molecule has 1 N–H and O–H groups in total. The summed E-state index contributed by atoms with van der Waals surface area (Å²) in [5.74, 6) is -0.152. The van der Waals surface area contributed by atoms with Crippen LogP contribution < -0.4 is 4.74 Å². The van der Waals surface area contributed by atoms with E-state index in [4.69, 9.17) is 16.3 Å². The molecular formula is C28H32ClF3N2O4. The molecule has 0 radical (unpaired) electrons. The molecule has 1 saturated carbocycles. The van der Waals surface area contributed by atoms with Crippen LogP contribution in [0.4, 0.5) is 13.2 Å². The summed E-state index contributed by atoms with van der Waals surface area (Å²) in [4.78, 5) is 27.6. The Bertz CT molecular complexity index is 1150. The number of halogens is 4. The van der Waals surface area contributed by atoms with E-state index in [9.17, 15) is 27.9 Å². The van der Waals surface area contributed by atoms with E-state index in [1.54, 1.807) is 32.3 Å². The van der Waals surface area contributed by atoms with Gasteiger partial charge in [-0.05, 0) is 62.1 Å². The Morgan fingerprint density at radius 3 is 2.24 bits per heavy atom. The average molecular weight is 553 g/mol. The van der Waals surface area contributed by atoms with E-state index in [-0.39, 0.29) is 25.1 Å². The molecule has 1 aliphatic carbocycles. The number of hydrogen-bond donors (Lipinski definition) is 1. The number of ether oxygens (including phenoxy) is 1. The van der Waals surface area contributed by atoms with Crippen LogP contribution >= 0.6 is 11.6 Å². The van der Waals surface area contributed by atoms with Crippen LogP contribution in [-0.4, -0.2) is 66.2 Å². The number of carbonyl (C=O) groups is 2. The van der Waals surface area contributed by atoms with Gasteiger partial charge in [0.25, 0.3) is 17.4 Å². The van der Waals surface area contributed by atoms with Crippen molar-refractivity contribution in [1.82, 2.24) is 9.80 Å². The van der Waals surface area contributed by atoms with E-state index in [1.807, 2.05) is 0 Å². The Hall–Kier alpha value is -2.78. The van der Waals surface area contributed by atoms with Gasteiger partial charge in [0.2, 0.25) is 0 Å². The lowest BCUT2D eigenvalue weighted by Gasteiger charge is -2.41. The second-order valence-electron chi connectivity index (χ2n) is 10.5. The first-order valence-electron chi connectivity index (χ1n) is 12.7. The smallest absolute Gasteiger partial charge is 0.430 e. The second kappa shape index (κ2) is 11.1. The van der Waals surface area contributed by atoms with Crippen molar-refractivity contribution in [2.75, 3.05) is 27.2 Å². The molecule has 4 rings (SSSR count). The minimum Gasteiger partial charge on any atom is -0.490 e. The number of amides is 2. The fraction of sp³-hybridized carbons (Fsp3) is 0.500. The van der Waals surface area contributed by atoms with Crippen LogP contribution in [0.2, 0.25) is 5.02 Å². The van der Waals surface area contributed by atoms with Crippen LogP contribution in [0.3, 0.4) is 0 Å². The summed E-state index contributed by atoms with van der Waals surface area (Å²) in [6.45, 7) is 0.357. The molecule has 1 saturated heterocycles. The van der Waals surface area contributed by atoms with Gasteiger partial charge in [-0.3, -0.25) is 9.59 Å². The lowest BCUT2D eigenvalue weighted by atomic mass is 9.74. The van der Waals surface area contributed by atoms with Gasteiger partial charge < -0.3 is 19.6 Å². The number of nitrogens with zero attached hydrogens (tertiary/aromatic N) is 2. The maximum Gasteiger partial charge on any atom is 0.430 e. The van der Waals surface area contributed by atoms with Crippen LogP contribution in [0.15, 0.2) is 48.5 Å². The lowest BCUT2D eigenvalue weighted by Crippen LogP contribution is -2.57. The lowest BCUT2D eigenvalue weighted by molar-refractivity contribution is -0.262. The first-order valence-corrected chi connectivity index (χ1v) is 13.1. The molecule has 0 aromatic heterocycles. The average Bonchev–Trinajstić information content (AvgIpc) is 2.86. The molecular weight excluding hydrogens is 521 g/mol. The molecule has 1 aliphatic heterocycles. The Kier molecular flexibility index (Phi) is 8.28. The van der Waals surface area contributed by atoms with Crippen molar-refractivity contribution in [3.63, 3.8) is 0 Å². The standard InChI is InChI=1S/C28H32ClF3N2O4/c1-33(2)25(35)23-9-8-21(17-24(23)29)38-22-15-19(16-22)14-18-10-12-34(13-11-18)26(36)27(37,28(30,31)32)20-6-4-3-5-7-20/h3-9,17-19,22,37H,10-16H2,1-2H3/t19?,22?,27-/m1/s1. The van der Waals surface area contributed by atoms with Crippen molar-refractivity contribution in [3.05, 3.63) is 64.7 Å².